The average Bonchev–Trinajstić information content (AvgIpc) is 3.58. The van der Waals surface area contributed by atoms with E-state index in [0.29, 0.717) is 28.1 Å². The fourth-order valence-corrected chi connectivity index (χ4v) is 4.53. The van der Waals surface area contributed by atoms with Gasteiger partial charge in [0, 0.05) is 42.3 Å². The van der Waals surface area contributed by atoms with E-state index in [0.717, 1.165) is 30.9 Å². The van der Waals surface area contributed by atoms with Crippen LogP contribution in [0.25, 0.3) is 11.3 Å². The third-order valence-corrected chi connectivity index (χ3v) is 6.26. The lowest BCUT2D eigenvalue weighted by Crippen LogP contribution is -2.18. The van der Waals surface area contributed by atoms with Crippen LogP contribution in [-0.2, 0) is 23.1 Å². The summed E-state index contributed by atoms with van der Waals surface area (Å²) in [5.74, 6) is -0.694. The second-order valence-electron chi connectivity index (χ2n) is 8.66. The smallest absolute Gasteiger partial charge is 0.337 e. The molecule has 1 amide bonds. The van der Waals surface area contributed by atoms with Crippen LogP contribution in [0.1, 0.15) is 39.9 Å². The Morgan fingerprint density at radius 3 is 2.56 bits per heavy atom. The highest BCUT2D eigenvalue weighted by Crippen LogP contribution is 2.38. The van der Waals surface area contributed by atoms with E-state index >= 15 is 0 Å². The SMILES string of the molecule is COC(=O)c1ccc2c(c1)/C(=C(/Nc1ccc(CN3CCCC3)cc1)c1cnn(C)c1)C(=O)N2. The van der Waals surface area contributed by atoms with Gasteiger partial charge in [-0.3, -0.25) is 14.4 Å². The van der Waals surface area contributed by atoms with Gasteiger partial charge in [-0.2, -0.15) is 5.10 Å². The van der Waals surface area contributed by atoms with E-state index in [-0.39, 0.29) is 5.91 Å². The molecule has 0 aliphatic carbocycles. The lowest BCUT2D eigenvalue weighted by Gasteiger charge is -2.16. The van der Waals surface area contributed by atoms with Crippen molar-refractivity contribution in [3.8, 4) is 0 Å². The molecule has 8 heteroatoms. The Balaban J connectivity index is 1.52. The van der Waals surface area contributed by atoms with Gasteiger partial charge >= 0.3 is 5.97 Å². The topological polar surface area (TPSA) is 88.5 Å². The van der Waals surface area contributed by atoms with E-state index in [9.17, 15) is 9.59 Å². The van der Waals surface area contributed by atoms with Crippen molar-refractivity contribution in [1.29, 1.82) is 0 Å². The summed E-state index contributed by atoms with van der Waals surface area (Å²) in [4.78, 5) is 27.7. The molecule has 0 bridgehead atoms. The average molecular weight is 458 g/mol. The van der Waals surface area contributed by atoms with Crippen LogP contribution in [0.5, 0.6) is 0 Å². The van der Waals surface area contributed by atoms with Crippen LogP contribution in [0.3, 0.4) is 0 Å². The first-order valence-electron chi connectivity index (χ1n) is 11.4. The Bertz CT molecular complexity index is 1270. The molecule has 0 atom stereocenters. The standard InChI is InChI=1S/C26H27N5O3/c1-30-16-19(14-27-30)24(28-20-8-5-17(6-9-20)15-31-11-3-4-12-31)23-21-13-18(26(33)34-2)7-10-22(21)29-25(23)32/h5-10,13-14,16,28H,3-4,11-12,15H2,1-2H3,(H,29,32)/b24-23-. The number of nitrogens with zero attached hydrogens (tertiary/aromatic N) is 3. The van der Waals surface area contributed by atoms with Crippen LogP contribution in [0, 0.1) is 0 Å². The van der Waals surface area contributed by atoms with Gasteiger partial charge in [-0.1, -0.05) is 12.1 Å². The van der Waals surface area contributed by atoms with Crippen LogP contribution >= 0.6 is 0 Å². The number of hydrogen-bond donors (Lipinski definition) is 2. The first kappa shape index (κ1) is 21.9. The molecule has 2 aliphatic heterocycles. The highest BCUT2D eigenvalue weighted by atomic mass is 16.5. The second kappa shape index (κ2) is 9.15. The molecule has 0 unspecified atom stereocenters. The minimum absolute atomic E-state index is 0.242. The summed E-state index contributed by atoms with van der Waals surface area (Å²) in [6, 6.07) is 13.3. The van der Waals surface area contributed by atoms with Gasteiger partial charge in [0.1, 0.15) is 0 Å². The molecule has 0 radical (unpaired) electrons. The molecule has 34 heavy (non-hydrogen) atoms. The third kappa shape index (κ3) is 4.32. The Morgan fingerprint density at radius 1 is 1.12 bits per heavy atom. The number of methoxy groups -OCH3 is 1. The van der Waals surface area contributed by atoms with Crippen LogP contribution in [0.2, 0.25) is 0 Å². The maximum absolute atomic E-state index is 13.1. The number of aryl methyl sites for hydroxylation is 1. The number of carbonyl (C=O) groups excluding carboxylic acids is 2. The zero-order valence-electron chi connectivity index (χ0n) is 19.3. The summed E-state index contributed by atoms with van der Waals surface area (Å²) in [6.45, 7) is 3.25. The molecular weight excluding hydrogens is 430 g/mol. The Hall–Kier alpha value is -3.91. The molecule has 0 spiro atoms. The van der Waals surface area contributed by atoms with Gasteiger partial charge < -0.3 is 15.4 Å². The number of rotatable bonds is 6. The monoisotopic (exact) mass is 457 g/mol. The third-order valence-electron chi connectivity index (χ3n) is 6.26. The molecule has 2 aromatic carbocycles. The molecule has 1 fully saturated rings. The van der Waals surface area contributed by atoms with Gasteiger partial charge in [-0.05, 0) is 61.8 Å². The van der Waals surface area contributed by atoms with Crippen molar-refractivity contribution in [3.63, 3.8) is 0 Å². The lowest BCUT2D eigenvalue weighted by atomic mass is 9.99. The molecular formula is C26H27N5O3. The predicted octanol–water partition coefficient (Wildman–Crippen LogP) is 3.74. The zero-order chi connectivity index (χ0) is 23.7. The molecule has 174 valence electrons. The number of hydrogen-bond acceptors (Lipinski definition) is 6. The van der Waals surface area contributed by atoms with Crippen molar-refractivity contribution >= 4 is 34.5 Å². The maximum atomic E-state index is 13.1. The van der Waals surface area contributed by atoms with Gasteiger partial charge in [0.25, 0.3) is 5.91 Å². The number of benzene rings is 2. The van der Waals surface area contributed by atoms with Crippen molar-refractivity contribution in [2.24, 2.45) is 7.05 Å². The molecule has 2 N–H and O–H groups in total. The van der Waals surface area contributed by atoms with E-state index in [4.69, 9.17) is 4.74 Å². The van der Waals surface area contributed by atoms with Crippen LogP contribution in [0.15, 0.2) is 54.9 Å². The molecule has 1 saturated heterocycles. The fourth-order valence-electron chi connectivity index (χ4n) is 4.53. The Kier molecular flexibility index (Phi) is 5.90. The van der Waals surface area contributed by atoms with E-state index in [1.54, 1.807) is 29.1 Å². The van der Waals surface area contributed by atoms with Crippen LogP contribution < -0.4 is 10.6 Å². The number of fused-ring (bicyclic) bond motifs is 1. The number of ether oxygens (including phenoxy) is 1. The number of amides is 1. The van der Waals surface area contributed by atoms with Crippen molar-refractivity contribution in [3.05, 3.63) is 77.1 Å². The maximum Gasteiger partial charge on any atom is 0.337 e. The highest BCUT2D eigenvalue weighted by molar-refractivity contribution is 6.37. The molecule has 2 aliphatic rings. The second-order valence-corrected chi connectivity index (χ2v) is 8.66. The first-order valence-corrected chi connectivity index (χ1v) is 11.4. The van der Waals surface area contributed by atoms with E-state index < -0.39 is 5.97 Å². The van der Waals surface area contributed by atoms with Crippen molar-refractivity contribution in [1.82, 2.24) is 14.7 Å². The molecule has 8 nitrogen and oxygen atoms in total. The summed E-state index contributed by atoms with van der Waals surface area (Å²) in [6.07, 6.45) is 6.10. The predicted molar refractivity (Wildman–Crippen MR) is 131 cm³/mol. The van der Waals surface area contributed by atoms with Gasteiger partial charge in [0.15, 0.2) is 0 Å². The van der Waals surface area contributed by atoms with E-state index in [2.05, 4.69) is 32.8 Å². The van der Waals surface area contributed by atoms with E-state index in [1.165, 1.54) is 25.5 Å². The van der Waals surface area contributed by atoms with Crippen molar-refractivity contribution in [2.75, 3.05) is 30.8 Å². The van der Waals surface area contributed by atoms with E-state index in [1.807, 2.05) is 25.4 Å². The number of carbonyl (C=O) groups is 2. The van der Waals surface area contributed by atoms with Gasteiger partial charge in [0.2, 0.25) is 0 Å². The van der Waals surface area contributed by atoms with Gasteiger partial charge in [0.05, 0.1) is 30.1 Å². The van der Waals surface area contributed by atoms with Crippen LogP contribution in [0.4, 0.5) is 11.4 Å². The Morgan fingerprint density at radius 2 is 1.88 bits per heavy atom. The fraction of sp³-hybridized carbons (Fsp3) is 0.269. The van der Waals surface area contributed by atoms with Crippen LogP contribution in [-0.4, -0.2) is 46.8 Å². The number of aromatic nitrogens is 2. The lowest BCUT2D eigenvalue weighted by molar-refractivity contribution is -0.110. The summed E-state index contributed by atoms with van der Waals surface area (Å²) in [7, 11) is 3.17. The minimum atomic E-state index is -0.453. The van der Waals surface area contributed by atoms with Gasteiger partial charge in [-0.25, -0.2) is 4.79 Å². The summed E-state index contributed by atoms with van der Waals surface area (Å²) >= 11 is 0. The molecule has 0 saturated carbocycles. The zero-order valence-corrected chi connectivity index (χ0v) is 19.3. The number of nitrogens with one attached hydrogen (secondary N) is 2. The quantitative estimate of drug-likeness (QED) is 0.433. The summed E-state index contributed by atoms with van der Waals surface area (Å²) in [5, 5.41) is 10.6. The molecule has 3 aromatic rings. The number of anilines is 2. The first-order chi connectivity index (χ1) is 16.5. The largest absolute Gasteiger partial charge is 0.465 e. The highest BCUT2D eigenvalue weighted by Gasteiger charge is 2.30. The molecule has 5 rings (SSSR count). The molecule has 3 heterocycles. The summed E-state index contributed by atoms with van der Waals surface area (Å²) < 4.78 is 6.56. The molecule has 1 aromatic heterocycles. The minimum Gasteiger partial charge on any atom is -0.465 e. The van der Waals surface area contributed by atoms with Crippen molar-refractivity contribution < 1.29 is 14.3 Å². The summed E-state index contributed by atoms with van der Waals surface area (Å²) in [5.41, 5.74) is 5.64. The number of esters is 1. The Labute approximate surface area is 198 Å². The number of likely N-dealkylation sites (tertiary alicyclic amines) is 1. The normalized spacial score (nSPS) is 16.8. The van der Waals surface area contributed by atoms with Gasteiger partial charge in [-0.15, -0.1) is 0 Å². The van der Waals surface area contributed by atoms with Crippen molar-refractivity contribution in [2.45, 2.75) is 19.4 Å².